The molecule has 0 amide bonds. The van der Waals surface area contributed by atoms with E-state index in [0.29, 0.717) is 0 Å². The van der Waals surface area contributed by atoms with Crippen LogP contribution in [0.5, 0.6) is 5.75 Å². The van der Waals surface area contributed by atoms with E-state index < -0.39 is 0 Å². The number of ether oxygens (including phenoxy) is 1. The third kappa shape index (κ3) is 3.46. The van der Waals surface area contributed by atoms with E-state index in [9.17, 15) is 4.79 Å². The highest BCUT2D eigenvalue weighted by Gasteiger charge is 2.41. The summed E-state index contributed by atoms with van der Waals surface area (Å²) < 4.78 is 5.65. The molecule has 2 rings (SSSR count). The van der Waals surface area contributed by atoms with Crippen LogP contribution >= 0.6 is 0 Å². The number of hydrogen-bond acceptors (Lipinski definition) is 3. The van der Waals surface area contributed by atoms with Gasteiger partial charge >= 0.3 is 0 Å². The fourth-order valence-corrected chi connectivity index (χ4v) is 3.24. The van der Waals surface area contributed by atoms with E-state index in [1.165, 1.54) is 6.42 Å². The topological polar surface area (TPSA) is 29.5 Å². The SMILES string of the molecule is CC(C)Oc1ccc(C(=O)C2(N(C)C)CCCCC2)cc1. The molecule has 0 unspecified atom stereocenters. The summed E-state index contributed by atoms with van der Waals surface area (Å²) in [5.41, 5.74) is 0.472. The van der Waals surface area contributed by atoms with Crippen molar-refractivity contribution in [1.29, 1.82) is 0 Å². The van der Waals surface area contributed by atoms with Gasteiger partial charge in [-0.15, -0.1) is 0 Å². The number of likely N-dealkylation sites (N-methyl/N-ethyl adjacent to an activating group) is 1. The highest BCUT2D eigenvalue weighted by atomic mass is 16.5. The molecule has 0 atom stereocenters. The Morgan fingerprint density at radius 2 is 1.67 bits per heavy atom. The maximum absolute atomic E-state index is 13.0. The lowest BCUT2D eigenvalue weighted by Gasteiger charge is -2.41. The highest BCUT2D eigenvalue weighted by Crippen LogP contribution is 2.35. The maximum Gasteiger partial charge on any atom is 0.183 e. The number of rotatable bonds is 5. The van der Waals surface area contributed by atoms with Crippen molar-refractivity contribution in [2.45, 2.75) is 57.6 Å². The lowest BCUT2D eigenvalue weighted by Crippen LogP contribution is -2.52. The van der Waals surface area contributed by atoms with Gasteiger partial charge in [0.05, 0.1) is 11.6 Å². The minimum Gasteiger partial charge on any atom is -0.491 e. The first-order chi connectivity index (χ1) is 9.95. The van der Waals surface area contributed by atoms with Crippen molar-refractivity contribution in [2.75, 3.05) is 14.1 Å². The molecular formula is C18H27NO2. The molecular weight excluding hydrogens is 262 g/mol. The van der Waals surface area contributed by atoms with E-state index in [-0.39, 0.29) is 17.4 Å². The lowest BCUT2D eigenvalue weighted by molar-refractivity contribution is 0.0564. The zero-order valence-corrected chi connectivity index (χ0v) is 13.7. The second kappa shape index (κ2) is 6.61. The number of ketones is 1. The molecule has 1 fully saturated rings. The predicted octanol–water partition coefficient (Wildman–Crippen LogP) is 3.92. The summed E-state index contributed by atoms with van der Waals surface area (Å²) >= 11 is 0. The summed E-state index contributed by atoms with van der Waals surface area (Å²) in [5.74, 6) is 1.08. The Balaban J connectivity index is 2.21. The summed E-state index contributed by atoms with van der Waals surface area (Å²) in [5, 5.41) is 0. The summed E-state index contributed by atoms with van der Waals surface area (Å²) in [6.07, 6.45) is 5.59. The Labute approximate surface area is 128 Å². The number of carbonyl (C=O) groups is 1. The molecule has 0 heterocycles. The molecule has 0 aliphatic heterocycles. The molecule has 21 heavy (non-hydrogen) atoms. The molecule has 1 saturated carbocycles. The molecule has 3 nitrogen and oxygen atoms in total. The Morgan fingerprint density at radius 1 is 1.10 bits per heavy atom. The summed E-state index contributed by atoms with van der Waals surface area (Å²) in [6, 6.07) is 7.61. The van der Waals surface area contributed by atoms with E-state index in [4.69, 9.17) is 4.74 Å². The molecule has 1 aliphatic rings. The molecule has 0 spiro atoms. The molecule has 0 aromatic heterocycles. The summed E-state index contributed by atoms with van der Waals surface area (Å²) in [6.45, 7) is 4.00. The summed E-state index contributed by atoms with van der Waals surface area (Å²) in [4.78, 5) is 15.1. The van der Waals surface area contributed by atoms with Gasteiger partial charge in [0.2, 0.25) is 0 Å². The second-order valence-electron chi connectivity index (χ2n) is 6.51. The normalized spacial score (nSPS) is 18.0. The van der Waals surface area contributed by atoms with Crippen LogP contribution in [0.15, 0.2) is 24.3 Å². The Hall–Kier alpha value is -1.35. The number of hydrogen-bond donors (Lipinski definition) is 0. The molecule has 3 heteroatoms. The fourth-order valence-electron chi connectivity index (χ4n) is 3.24. The first-order valence-electron chi connectivity index (χ1n) is 7.95. The van der Waals surface area contributed by atoms with Crippen molar-refractivity contribution in [3.63, 3.8) is 0 Å². The van der Waals surface area contributed by atoms with E-state index in [1.807, 2.05) is 52.2 Å². The van der Waals surface area contributed by atoms with Crippen molar-refractivity contribution in [3.8, 4) is 5.75 Å². The van der Waals surface area contributed by atoms with Crippen molar-refractivity contribution in [2.24, 2.45) is 0 Å². The Morgan fingerprint density at radius 3 is 2.14 bits per heavy atom. The third-order valence-corrected chi connectivity index (χ3v) is 4.45. The second-order valence-corrected chi connectivity index (χ2v) is 6.51. The number of Topliss-reactive ketones (excluding diaryl/α,β-unsaturated/α-hetero) is 1. The minimum absolute atomic E-state index is 0.151. The number of benzene rings is 1. The molecule has 0 N–H and O–H groups in total. The largest absolute Gasteiger partial charge is 0.491 e. The molecule has 1 aliphatic carbocycles. The fraction of sp³-hybridized carbons (Fsp3) is 0.611. The van der Waals surface area contributed by atoms with Gasteiger partial charge in [0.1, 0.15) is 5.75 Å². The minimum atomic E-state index is -0.321. The van der Waals surface area contributed by atoms with Crippen LogP contribution < -0.4 is 4.74 Å². The van der Waals surface area contributed by atoms with Gasteiger partial charge in [0.25, 0.3) is 0 Å². The van der Waals surface area contributed by atoms with Gasteiger partial charge in [0.15, 0.2) is 5.78 Å². The van der Waals surface area contributed by atoms with Crippen LogP contribution in [0.4, 0.5) is 0 Å². The standard InChI is InChI=1S/C18H27NO2/c1-14(2)21-16-10-8-15(9-11-16)17(20)18(19(3)4)12-6-5-7-13-18/h8-11,14H,5-7,12-13H2,1-4H3. The smallest absolute Gasteiger partial charge is 0.183 e. The summed E-state index contributed by atoms with van der Waals surface area (Å²) in [7, 11) is 4.05. The average Bonchev–Trinajstić information content (AvgIpc) is 2.47. The van der Waals surface area contributed by atoms with Crippen LogP contribution in [-0.4, -0.2) is 36.4 Å². The maximum atomic E-state index is 13.0. The lowest BCUT2D eigenvalue weighted by atomic mass is 9.75. The van der Waals surface area contributed by atoms with E-state index in [2.05, 4.69) is 4.90 Å². The van der Waals surface area contributed by atoms with E-state index in [0.717, 1.165) is 37.0 Å². The monoisotopic (exact) mass is 289 g/mol. The van der Waals surface area contributed by atoms with E-state index in [1.54, 1.807) is 0 Å². The number of carbonyl (C=O) groups excluding carboxylic acids is 1. The molecule has 1 aromatic carbocycles. The van der Waals surface area contributed by atoms with Crippen LogP contribution in [-0.2, 0) is 0 Å². The predicted molar refractivity (Wildman–Crippen MR) is 86.0 cm³/mol. The first-order valence-corrected chi connectivity index (χ1v) is 7.95. The first kappa shape index (κ1) is 16.0. The quantitative estimate of drug-likeness (QED) is 0.769. The van der Waals surface area contributed by atoms with Crippen molar-refractivity contribution >= 4 is 5.78 Å². The van der Waals surface area contributed by atoms with Gasteiger partial charge in [-0.25, -0.2) is 0 Å². The molecule has 116 valence electrons. The molecule has 0 bridgehead atoms. The van der Waals surface area contributed by atoms with Crippen LogP contribution in [0.1, 0.15) is 56.3 Å². The van der Waals surface area contributed by atoms with Gasteiger partial charge < -0.3 is 4.74 Å². The van der Waals surface area contributed by atoms with E-state index >= 15 is 0 Å². The van der Waals surface area contributed by atoms with Crippen LogP contribution in [0.25, 0.3) is 0 Å². The average molecular weight is 289 g/mol. The number of nitrogens with zero attached hydrogens (tertiary/aromatic N) is 1. The third-order valence-electron chi connectivity index (χ3n) is 4.45. The molecule has 0 radical (unpaired) electrons. The Kier molecular flexibility index (Phi) is 5.04. The molecule has 1 aromatic rings. The zero-order valence-electron chi connectivity index (χ0n) is 13.7. The van der Waals surface area contributed by atoms with Gasteiger partial charge in [-0.05, 0) is 65.0 Å². The Bertz CT molecular complexity index is 470. The van der Waals surface area contributed by atoms with Crippen LogP contribution in [0.3, 0.4) is 0 Å². The highest BCUT2D eigenvalue weighted by molar-refractivity contribution is 6.03. The zero-order chi connectivity index (χ0) is 15.5. The van der Waals surface area contributed by atoms with Gasteiger partial charge in [0, 0.05) is 5.56 Å². The van der Waals surface area contributed by atoms with Crippen molar-refractivity contribution in [3.05, 3.63) is 29.8 Å². The van der Waals surface area contributed by atoms with Crippen molar-refractivity contribution in [1.82, 2.24) is 4.90 Å². The van der Waals surface area contributed by atoms with Crippen LogP contribution in [0.2, 0.25) is 0 Å². The molecule has 0 saturated heterocycles. The van der Waals surface area contributed by atoms with Crippen molar-refractivity contribution < 1.29 is 9.53 Å². The van der Waals surface area contributed by atoms with Gasteiger partial charge in [-0.3, -0.25) is 9.69 Å². The van der Waals surface area contributed by atoms with Crippen LogP contribution in [0, 0.1) is 0 Å². The van der Waals surface area contributed by atoms with Gasteiger partial charge in [-0.2, -0.15) is 0 Å². The van der Waals surface area contributed by atoms with Gasteiger partial charge in [-0.1, -0.05) is 19.3 Å².